The minimum atomic E-state index is -1.08. The third-order valence-corrected chi connectivity index (χ3v) is 4.97. The summed E-state index contributed by atoms with van der Waals surface area (Å²) < 4.78 is 1.16. The molecule has 3 rings (SSSR count). The molecule has 4 N–H and O–H groups in total. The first kappa shape index (κ1) is 19.2. The van der Waals surface area contributed by atoms with E-state index < -0.39 is 12.5 Å². The molecule has 0 radical (unpaired) electrons. The maximum atomic E-state index is 12.7. The van der Waals surface area contributed by atoms with Crippen LogP contribution in [-0.2, 0) is 11.3 Å². The van der Waals surface area contributed by atoms with E-state index in [1.54, 1.807) is 30.5 Å². The molecule has 10 heteroatoms. The van der Waals surface area contributed by atoms with Crippen molar-refractivity contribution in [1.29, 1.82) is 5.41 Å². The van der Waals surface area contributed by atoms with Crippen LogP contribution in [0.15, 0.2) is 47.5 Å². The lowest BCUT2D eigenvalue weighted by Crippen LogP contribution is -2.24. The van der Waals surface area contributed by atoms with Crippen molar-refractivity contribution in [1.82, 2.24) is 9.55 Å². The Labute approximate surface area is 168 Å². The third kappa shape index (κ3) is 4.25. The number of hydrogen-bond acceptors (Lipinski definition) is 6. The number of halogens is 1. The predicted molar refractivity (Wildman–Crippen MR) is 117 cm³/mol. The van der Waals surface area contributed by atoms with Gasteiger partial charge in [0, 0.05) is 24.3 Å². The molecule has 1 atom stereocenters. The first-order chi connectivity index (χ1) is 13.0. The number of fused-ring (bicyclic) bond motifs is 1. The quantitative estimate of drug-likeness (QED) is 0.226. The van der Waals surface area contributed by atoms with Gasteiger partial charge in [0.2, 0.25) is 0 Å². The van der Waals surface area contributed by atoms with E-state index in [-0.39, 0.29) is 5.56 Å². The van der Waals surface area contributed by atoms with Crippen LogP contribution in [0, 0.1) is 5.41 Å². The van der Waals surface area contributed by atoms with E-state index in [1.165, 1.54) is 12.4 Å². The maximum absolute atomic E-state index is 12.7. The second kappa shape index (κ2) is 8.45. The molecule has 0 saturated heterocycles. The SMILES string of the molecule is N=Cc1cc(Nc2cccc3ccn(CC(=O)O)c(=O)c23)cnc1NPI. The van der Waals surface area contributed by atoms with Crippen molar-refractivity contribution in [2.45, 2.75) is 6.54 Å². The Balaban J connectivity index is 2.06. The molecule has 0 fully saturated rings. The Morgan fingerprint density at radius 2 is 2.22 bits per heavy atom. The number of nitrogens with one attached hydrogen (secondary N) is 3. The van der Waals surface area contributed by atoms with Crippen molar-refractivity contribution >= 4 is 68.6 Å². The van der Waals surface area contributed by atoms with Gasteiger partial charge < -0.3 is 25.5 Å². The lowest BCUT2D eigenvalue weighted by Gasteiger charge is -2.13. The molecule has 2 heterocycles. The van der Waals surface area contributed by atoms with E-state index in [4.69, 9.17) is 10.5 Å². The number of aromatic nitrogens is 2. The summed E-state index contributed by atoms with van der Waals surface area (Å²) in [5, 5.41) is 23.9. The summed E-state index contributed by atoms with van der Waals surface area (Å²) in [5.41, 5.74) is 1.40. The van der Waals surface area contributed by atoms with Gasteiger partial charge >= 0.3 is 5.97 Å². The zero-order valence-corrected chi connectivity index (χ0v) is 17.0. The number of hydrogen-bond donors (Lipinski definition) is 4. The minimum Gasteiger partial charge on any atom is -0.480 e. The van der Waals surface area contributed by atoms with Crippen molar-refractivity contribution < 1.29 is 9.90 Å². The average molecular weight is 495 g/mol. The van der Waals surface area contributed by atoms with Gasteiger partial charge in [-0.05, 0) is 45.6 Å². The minimum absolute atomic E-state index is 0.386. The summed E-state index contributed by atoms with van der Waals surface area (Å²) in [6.07, 6.45) is 4.73. The molecule has 0 aliphatic heterocycles. The second-order valence-electron chi connectivity index (χ2n) is 5.56. The molecule has 0 aliphatic carbocycles. The lowest BCUT2D eigenvalue weighted by molar-refractivity contribution is -0.137. The summed E-state index contributed by atoms with van der Waals surface area (Å²) in [5.74, 6) is -0.467. The van der Waals surface area contributed by atoms with Gasteiger partial charge in [0.25, 0.3) is 5.56 Å². The molecular weight excluding hydrogens is 480 g/mol. The molecule has 8 nitrogen and oxygen atoms in total. The fraction of sp³-hybridized carbons (Fsp3) is 0.0588. The van der Waals surface area contributed by atoms with Gasteiger partial charge in [0.1, 0.15) is 12.4 Å². The van der Waals surface area contributed by atoms with Crippen LogP contribution >= 0.6 is 28.4 Å². The smallest absolute Gasteiger partial charge is 0.323 e. The molecule has 27 heavy (non-hydrogen) atoms. The Kier molecular flexibility index (Phi) is 6.02. The number of rotatable bonds is 7. The van der Waals surface area contributed by atoms with Crippen LogP contribution in [0.2, 0.25) is 0 Å². The zero-order valence-electron chi connectivity index (χ0n) is 13.9. The van der Waals surface area contributed by atoms with Crippen LogP contribution in [0.3, 0.4) is 0 Å². The van der Waals surface area contributed by atoms with Crippen LogP contribution in [0.5, 0.6) is 0 Å². The standard InChI is InChI=1S/C17H15IN5O3P/c18-27-22-16-11(7-19)6-12(8-20-16)21-13-3-1-2-10-4-5-23(9-14(24)25)17(26)15(10)13/h1-8,19,21,27H,9H2,(H,20,22)(H,24,25). The van der Waals surface area contributed by atoms with Gasteiger partial charge in [-0.2, -0.15) is 0 Å². The topological polar surface area (TPSA) is 120 Å². The molecule has 3 aromatic rings. The van der Waals surface area contributed by atoms with Crippen molar-refractivity contribution in [3.05, 3.63) is 58.6 Å². The molecule has 0 amide bonds. The van der Waals surface area contributed by atoms with Gasteiger partial charge in [0.15, 0.2) is 0 Å². The van der Waals surface area contributed by atoms with E-state index in [9.17, 15) is 9.59 Å². The summed E-state index contributed by atoms with van der Waals surface area (Å²) in [6, 6.07) is 8.82. The molecule has 2 aromatic heterocycles. The summed E-state index contributed by atoms with van der Waals surface area (Å²) in [6.45, 7) is -0.403. The number of carboxylic acid groups (broad SMARTS) is 1. The van der Waals surface area contributed by atoms with Crippen molar-refractivity contribution in [3.63, 3.8) is 0 Å². The summed E-state index contributed by atoms with van der Waals surface area (Å²) >= 11 is 2.18. The van der Waals surface area contributed by atoms with Gasteiger partial charge in [-0.1, -0.05) is 12.1 Å². The van der Waals surface area contributed by atoms with E-state index >= 15 is 0 Å². The van der Waals surface area contributed by atoms with Crippen LogP contribution in [-0.4, -0.2) is 26.8 Å². The predicted octanol–water partition coefficient (Wildman–Crippen LogP) is 3.58. The Bertz CT molecular complexity index is 1090. The van der Waals surface area contributed by atoms with Crippen molar-refractivity contribution in [3.8, 4) is 0 Å². The molecule has 0 saturated carbocycles. The van der Waals surface area contributed by atoms with E-state index in [1.807, 2.05) is 6.07 Å². The van der Waals surface area contributed by atoms with E-state index in [2.05, 4.69) is 37.4 Å². The largest absolute Gasteiger partial charge is 0.480 e. The van der Waals surface area contributed by atoms with E-state index in [0.717, 1.165) is 4.57 Å². The van der Waals surface area contributed by atoms with Crippen LogP contribution < -0.4 is 16.0 Å². The van der Waals surface area contributed by atoms with Crippen LogP contribution in [0.1, 0.15) is 5.56 Å². The highest BCUT2D eigenvalue weighted by Gasteiger charge is 2.11. The first-order valence-electron chi connectivity index (χ1n) is 7.76. The van der Waals surface area contributed by atoms with Crippen LogP contribution in [0.25, 0.3) is 10.8 Å². The fourth-order valence-corrected chi connectivity index (χ4v) is 3.73. The Morgan fingerprint density at radius 3 is 2.93 bits per heavy atom. The van der Waals surface area contributed by atoms with Gasteiger partial charge in [-0.15, -0.1) is 0 Å². The fourth-order valence-electron chi connectivity index (χ4n) is 2.67. The summed E-state index contributed by atoms with van der Waals surface area (Å²) in [4.78, 5) is 28.0. The molecule has 0 bridgehead atoms. The molecule has 138 valence electrons. The first-order valence-corrected chi connectivity index (χ1v) is 11.9. The molecule has 0 spiro atoms. The number of pyridine rings is 2. The molecule has 0 aliphatic rings. The van der Waals surface area contributed by atoms with E-state index in [0.29, 0.717) is 39.9 Å². The number of carbonyl (C=O) groups is 1. The molecule has 1 aromatic carbocycles. The molecular formula is C17H15IN5O3P. The normalized spacial score (nSPS) is 11.0. The average Bonchev–Trinajstić information content (AvgIpc) is 2.65. The highest BCUT2D eigenvalue weighted by Crippen LogP contribution is 2.28. The third-order valence-electron chi connectivity index (χ3n) is 3.83. The monoisotopic (exact) mass is 495 g/mol. The van der Waals surface area contributed by atoms with Crippen molar-refractivity contribution in [2.24, 2.45) is 0 Å². The summed E-state index contributed by atoms with van der Waals surface area (Å²) in [7, 11) is 0. The maximum Gasteiger partial charge on any atom is 0.323 e. The Hall–Kier alpha value is -2.52. The Morgan fingerprint density at radius 1 is 1.41 bits per heavy atom. The lowest BCUT2D eigenvalue weighted by atomic mass is 10.1. The second-order valence-corrected chi connectivity index (χ2v) is 7.62. The van der Waals surface area contributed by atoms with Crippen molar-refractivity contribution in [2.75, 3.05) is 10.4 Å². The number of nitrogens with zero attached hydrogens (tertiary/aromatic N) is 2. The number of carboxylic acids is 1. The number of aliphatic carboxylic acids is 1. The van der Waals surface area contributed by atoms with Gasteiger partial charge in [-0.25, -0.2) is 4.98 Å². The highest BCUT2D eigenvalue weighted by molar-refractivity contribution is 14.2. The van der Waals surface area contributed by atoms with Gasteiger partial charge in [0.05, 0.1) is 23.0 Å². The highest BCUT2D eigenvalue weighted by atomic mass is 127. The van der Waals surface area contributed by atoms with Gasteiger partial charge in [-0.3, -0.25) is 9.59 Å². The number of anilines is 3. The zero-order chi connectivity index (χ0) is 19.4. The van der Waals surface area contributed by atoms with Crippen LogP contribution in [0.4, 0.5) is 17.2 Å². The number of benzene rings is 1. The molecule has 1 unspecified atom stereocenters.